The molecule has 0 fully saturated rings. The van der Waals surface area contributed by atoms with Crippen LogP contribution in [0, 0.1) is 0 Å². The largest absolute Gasteiger partial charge is 0.451 e. The third-order valence-corrected chi connectivity index (χ3v) is 7.21. The van der Waals surface area contributed by atoms with Crippen molar-refractivity contribution in [2.24, 2.45) is 0 Å². The number of amides is 1. The minimum absolute atomic E-state index is 0.0159. The Bertz CT molecular complexity index is 1460. The highest BCUT2D eigenvalue weighted by molar-refractivity contribution is 7.89. The summed E-state index contributed by atoms with van der Waals surface area (Å²) in [5, 5.41) is 5.55. The molecule has 2 N–H and O–H groups in total. The number of sulfonamides is 1. The maximum Gasteiger partial charge on any atom is 0.355 e. The second-order valence-electron chi connectivity index (χ2n) is 7.68. The van der Waals surface area contributed by atoms with E-state index in [-0.39, 0.29) is 17.1 Å². The molecule has 0 saturated carbocycles. The van der Waals surface area contributed by atoms with Crippen LogP contribution in [0.15, 0.2) is 71.6 Å². The molecule has 3 aromatic carbocycles. The third kappa shape index (κ3) is 4.59. The summed E-state index contributed by atoms with van der Waals surface area (Å²) in [6, 6.07) is 19.8. The van der Waals surface area contributed by atoms with Gasteiger partial charge in [-0.3, -0.25) is 4.79 Å². The fourth-order valence-corrected chi connectivity index (χ4v) is 4.66. The van der Waals surface area contributed by atoms with Gasteiger partial charge in [-0.25, -0.2) is 17.5 Å². The number of H-pyrrole nitrogens is 1. The monoisotopic (exact) mass is 465 g/mol. The van der Waals surface area contributed by atoms with E-state index in [1.807, 2.05) is 36.4 Å². The molecule has 1 aromatic heterocycles. The summed E-state index contributed by atoms with van der Waals surface area (Å²) < 4.78 is 31.2. The molecule has 0 saturated heterocycles. The lowest BCUT2D eigenvalue weighted by molar-refractivity contribution is -0.124. The van der Waals surface area contributed by atoms with E-state index < -0.39 is 28.5 Å². The Morgan fingerprint density at radius 2 is 1.70 bits per heavy atom. The summed E-state index contributed by atoms with van der Waals surface area (Å²) in [5.41, 5.74) is 1.48. The number of nitrogens with zero attached hydrogens (tertiary/aromatic N) is 1. The molecule has 0 bridgehead atoms. The maximum absolute atomic E-state index is 12.5. The molecule has 8 nitrogen and oxygen atoms in total. The number of carbonyl (C=O) groups excluding carboxylic acids is 2. The predicted molar refractivity (Wildman–Crippen MR) is 125 cm³/mol. The normalized spacial score (nSPS) is 11.7. The second kappa shape index (κ2) is 9.05. The van der Waals surface area contributed by atoms with E-state index in [9.17, 15) is 18.0 Å². The standard InChI is InChI=1S/C24H23N3O5S/c1-27(2)33(30,31)22-10-6-4-8-17(22)14-25-23(28)15-32-24(29)21-13-19-18-9-5-3-7-16(18)11-12-20(19)26-21/h3-13,26H,14-15H2,1-2H3,(H,25,28). The molecule has 0 aliphatic carbocycles. The average molecular weight is 466 g/mol. The zero-order valence-corrected chi connectivity index (χ0v) is 19.0. The minimum atomic E-state index is -3.65. The van der Waals surface area contributed by atoms with E-state index >= 15 is 0 Å². The molecule has 1 heterocycles. The molecule has 4 rings (SSSR count). The van der Waals surface area contributed by atoms with E-state index in [4.69, 9.17) is 4.74 Å². The van der Waals surface area contributed by atoms with E-state index in [2.05, 4.69) is 10.3 Å². The summed E-state index contributed by atoms with van der Waals surface area (Å²) in [6.07, 6.45) is 0. The zero-order valence-electron chi connectivity index (χ0n) is 18.2. The fourth-order valence-electron chi connectivity index (χ4n) is 3.55. The second-order valence-corrected chi connectivity index (χ2v) is 9.80. The van der Waals surface area contributed by atoms with Crippen LogP contribution < -0.4 is 5.32 Å². The van der Waals surface area contributed by atoms with Gasteiger partial charge in [0, 0.05) is 31.5 Å². The van der Waals surface area contributed by atoms with Gasteiger partial charge in [-0.2, -0.15) is 0 Å². The van der Waals surface area contributed by atoms with Gasteiger partial charge in [0.1, 0.15) is 5.69 Å². The quantitative estimate of drug-likeness (QED) is 0.408. The Morgan fingerprint density at radius 3 is 2.48 bits per heavy atom. The number of carbonyl (C=O) groups is 2. The number of fused-ring (bicyclic) bond motifs is 3. The molecule has 0 unspecified atom stereocenters. The highest BCUT2D eigenvalue weighted by Gasteiger charge is 2.21. The van der Waals surface area contributed by atoms with Crippen molar-refractivity contribution in [1.29, 1.82) is 0 Å². The summed E-state index contributed by atoms with van der Waals surface area (Å²) in [7, 11) is -0.770. The van der Waals surface area contributed by atoms with Gasteiger partial charge in [0.05, 0.1) is 4.90 Å². The molecule has 1 amide bonds. The number of ether oxygens (including phenoxy) is 1. The molecule has 0 aliphatic heterocycles. The molecule has 0 radical (unpaired) electrons. The molecule has 4 aromatic rings. The van der Waals surface area contributed by atoms with Crippen molar-refractivity contribution in [1.82, 2.24) is 14.6 Å². The summed E-state index contributed by atoms with van der Waals surface area (Å²) >= 11 is 0. The van der Waals surface area contributed by atoms with Crippen LogP contribution in [-0.4, -0.2) is 50.3 Å². The zero-order chi connectivity index (χ0) is 23.6. The Balaban J connectivity index is 1.40. The average Bonchev–Trinajstić information content (AvgIpc) is 3.26. The van der Waals surface area contributed by atoms with Crippen molar-refractivity contribution < 1.29 is 22.7 Å². The van der Waals surface area contributed by atoms with Crippen LogP contribution in [0.25, 0.3) is 21.7 Å². The van der Waals surface area contributed by atoms with Crippen LogP contribution in [0.4, 0.5) is 0 Å². The van der Waals surface area contributed by atoms with Gasteiger partial charge < -0.3 is 15.0 Å². The fraction of sp³-hybridized carbons (Fsp3) is 0.167. The van der Waals surface area contributed by atoms with Gasteiger partial charge in [-0.1, -0.05) is 48.5 Å². The number of nitrogens with one attached hydrogen (secondary N) is 2. The van der Waals surface area contributed by atoms with Crippen molar-refractivity contribution in [3.05, 3.63) is 78.0 Å². The maximum atomic E-state index is 12.5. The van der Waals surface area contributed by atoms with Gasteiger partial charge in [0.15, 0.2) is 6.61 Å². The SMILES string of the molecule is CN(C)S(=O)(=O)c1ccccc1CNC(=O)COC(=O)c1cc2c(ccc3ccccc32)[nH]1. The molecule has 0 spiro atoms. The van der Waals surface area contributed by atoms with Crippen LogP contribution >= 0.6 is 0 Å². The Morgan fingerprint density at radius 1 is 0.970 bits per heavy atom. The van der Waals surface area contributed by atoms with Gasteiger partial charge in [-0.05, 0) is 34.5 Å². The minimum Gasteiger partial charge on any atom is -0.451 e. The first-order valence-corrected chi connectivity index (χ1v) is 11.7. The topological polar surface area (TPSA) is 109 Å². The molecule has 170 valence electrons. The van der Waals surface area contributed by atoms with Crippen molar-refractivity contribution in [3.63, 3.8) is 0 Å². The first-order chi connectivity index (χ1) is 15.8. The van der Waals surface area contributed by atoms with Crippen molar-refractivity contribution in [3.8, 4) is 0 Å². The van der Waals surface area contributed by atoms with Gasteiger partial charge >= 0.3 is 5.97 Å². The Kier molecular flexibility index (Phi) is 6.17. The molecule has 0 atom stereocenters. The number of aromatic nitrogens is 1. The van der Waals surface area contributed by atoms with Gasteiger partial charge in [-0.15, -0.1) is 0 Å². The molecular weight excluding hydrogens is 442 g/mol. The lowest BCUT2D eigenvalue weighted by Crippen LogP contribution is -2.30. The summed E-state index contributed by atoms with van der Waals surface area (Å²) in [5.74, 6) is -1.19. The predicted octanol–water partition coefficient (Wildman–Crippen LogP) is 3.04. The van der Waals surface area contributed by atoms with Crippen LogP contribution in [-0.2, 0) is 26.1 Å². The molecule has 33 heavy (non-hydrogen) atoms. The summed E-state index contributed by atoms with van der Waals surface area (Å²) in [4.78, 5) is 27.8. The molecular formula is C24H23N3O5S. The summed E-state index contributed by atoms with van der Waals surface area (Å²) in [6.45, 7) is -0.504. The van der Waals surface area contributed by atoms with Crippen molar-refractivity contribution in [2.45, 2.75) is 11.4 Å². The van der Waals surface area contributed by atoms with E-state index in [0.717, 1.165) is 26.0 Å². The Labute approximate surface area is 191 Å². The van der Waals surface area contributed by atoms with Gasteiger partial charge in [0.25, 0.3) is 5.91 Å². The molecule has 9 heteroatoms. The van der Waals surface area contributed by atoms with Crippen molar-refractivity contribution >= 4 is 43.6 Å². The molecule has 0 aliphatic rings. The number of hydrogen-bond donors (Lipinski definition) is 2. The van der Waals surface area contributed by atoms with Crippen LogP contribution in [0.1, 0.15) is 16.1 Å². The van der Waals surface area contributed by atoms with Gasteiger partial charge in [0.2, 0.25) is 10.0 Å². The number of rotatable bonds is 7. The van der Waals surface area contributed by atoms with E-state index in [1.165, 1.54) is 20.2 Å². The number of aromatic amines is 1. The lowest BCUT2D eigenvalue weighted by Gasteiger charge is -2.15. The highest BCUT2D eigenvalue weighted by atomic mass is 32.2. The van der Waals surface area contributed by atoms with E-state index in [0.29, 0.717) is 5.56 Å². The lowest BCUT2D eigenvalue weighted by atomic mass is 10.1. The first-order valence-electron chi connectivity index (χ1n) is 10.2. The number of benzene rings is 3. The van der Waals surface area contributed by atoms with Crippen LogP contribution in [0.5, 0.6) is 0 Å². The van der Waals surface area contributed by atoms with Crippen molar-refractivity contribution in [2.75, 3.05) is 20.7 Å². The highest BCUT2D eigenvalue weighted by Crippen LogP contribution is 2.26. The van der Waals surface area contributed by atoms with Crippen LogP contribution in [0.2, 0.25) is 0 Å². The van der Waals surface area contributed by atoms with Crippen LogP contribution in [0.3, 0.4) is 0 Å². The van der Waals surface area contributed by atoms with E-state index in [1.54, 1.807) is 24.3 Å². The Hall–Kier alpha value is -3.69. The number of esters is 1. The third-order valence-electron chi connectivity index (χ3n) is 5.29. The number of hydrogen-bond acceptors (Lipinski definition) is 5. The smallest absolute Gasteiger partial charge is 0.355 e. The first kappa shape index (κ1) is 22.5.